The van der Waals surface area contributed by atoms with Crippen molar-refractivity contribution in [3.05, 3.63) is 53.6 Å². The normalized spacial score (nSPS) is 16.7. The molecule has 1 fully saturated rings. The molecule has 2 heterocycles. The lowest BCUT2D eigenvalue weighted by molar-refractivity contribution is 0.102. The number of rotatable bonds is 3. The number of hydrogen-bond donors (Lipinski definition) is 2. The Labute approximate surface area is 146 Å². The highest BCUT2D eigenvalue weighted by atomic mass is 16.5. The standard InChI is InChI=1S/C18H19BN2O4/c22-18(20-15-4-1-14-12-25-19(23)17(14)11-15)13-2-5-16(6-3-13)21-7-9-24-10-8-21/h1-6,11,23H,7-10,12H2,(H,20,22). The fourth-order valence-electron chi connectivity index (χ4n) is 3.14. The van der Waals surface area contributed by atoms with Crippen molar-refractivity contribution in [3.63, 3.8) is 0 Å². The van der Waals surface area contributed by atoms with Crippen molar-refractivity contribution in [2.24, 2.45) is 0 Å². The average molecular weight is 338 g/mol. The molecule has 2 aromatic rings. The minimum atomic E-state index is -0.917. The van der Waals surface area contributed by atoms with Crippen LogP contribution in [0.15, 0.2) is 42.5 Å². The molecule has 1 amide bonds. The van der Waals surface area contributed by atoms with Crippen LogP contribution in [0.5, 0.6) is 0 Å². The molecule has 2 aliphatic rings. The summed E-state index contributed by atoms with van der Waals surface area (Å²) < 4.78 is 10.5. The van der Waals surface area contributed by atoms with Crippen molar-refractivity contribution in [1.29, 1.82) is 0 Å². The van der Waals surface area contributed by atoms with Crippen molar-refractivity contribution in [2.75, 3.05) is 36.5 Å². The van der Waals surface area contributed by atoms with Crippen LogP contribution in [0, 0.1) is 0 Å². The summed E-state index contributed by atoms with van der Waals surface area (Å²) >= 11 is 0. The van der Waals surface area contributed by atoms with Gasteiger partial charge in [-0.3, -0.25) is 4.79 Å². The molecule has 0 saturated carbocycles. The maximum absolute atomic E-state index is 12.4. The van der Waals surface area contributed by atoms with Gasteiger partial charge in [0.2, 0.25) is 0 Å². The van der Waals surface area contributed by atoms with Gasteiger partial charge in [-0.1, -0.05) is 6.07 Å². The number of amides is 1. The number of ether oxygens (including phenoxy) is 1. The first-order chi connectivity index (χ1) is 12.2. The predicted molar refractivity (Wildman–Crippen MR) is 96.3 cm³/mol. The van der Waals surface area contributed by atoms with Gasteiger partial charge in [0.05, 0.1) is 19.8 Å². The number of nitrogens with one attached hydrogen (secondary N) is 1. The number of carbonyl (C=O) groups is 1. The summed E-state index contributed by atoms with van der Waals surface area (Å²) in [6, 6.07) is 13.0. The maximum atomic E-state index is 12.4. The third kappa shape index (κ3) is 3.39. The van der Waals surface area contributed by atoms with E-state index in [1.165, 1.54) is 0 Å². The van der Waals surface area contributed by atoms with Crippen LogP contribution < -0.4 is 15.7 Å². The molecule has 0 atom stereocenters. The quantitative estimate of drug-likeness (QED) is 0.817. The number of fused-ring (bicyclic) bond motifs is 1. The minimum absolute atomic E-state index is 0.179. The van der Waals surface area contributed by atoms with Crippen LogP contribution >= 0.6 is 0 Å². The molecule has 0 radical (unpaired) electrons. The Morgan fingerprint density at radius 1 is 1.12 bits per heavy atom. The lowest BCUT2D eigenvalue weighted by Crippen LogP contribution is -2.36. The highest BCUT2D eigenvalue weighted by Gasteiger charge is 2.27. The monoisotopic (exact) mass is 338 g/mol. The SMILES string of the molecule is O=C(Nc1ccc2c(c1)B(O)OC2)c1ccc(N2CCOCC2)cc1. The Balaban J connectivity index is 1.45. The van der Waals surface area contributed by atoms with Gasteiger partial charge in [-0.15, -0.1) is 0 Å². The van der Waals surface area contributed by atoms with Gasteiger partial charge < -0.3 is 24.6 Å². The number of benzene rings is 2. The fourth-order valence-corrected chi connectivity index (χ4v) is 3.14. The second-order valence-corrected chi connectivity index (χ2v) is 6.18. The molecule has 0 bridgehead atoms. The third-order valence-corrected chi connectivity index (χ3v) is 4.57. The number of hydrogen-bond acceptors (Lipinski definition) is 5. The van der Waals surface area contributed by atoms with Gasteiger partial charge in [0.15, 0.2) is 0 Å². The summed E-state index contributed by atoms with van der Waals surface area (Å²) in [6.45, 7) is 3.59. The topological polar surface area (TPSA) is 71.0 Å². The van der Waals surface area contributed by atoms with E-state index in [2.05, 4.69) is 10.2 Å². The Morgan fingerprint density at radius 3 is 2.64 bits per heavy atom. The van der Waals surface area contributed by atoms with E-state index in [1.54, 1.807) is 6.07 Å². The molecule has 2 aliphatic heterocycles. The minimum Gasteiger partial charge on any atom is -0.423 e. The molecule has 2 aromatic carbocycles. The van der Waals surface area contributed by atoms with Crippen LogP contribution in [0.3, 0.4) is 0 Å². The first kappa shape index (κ1) is 16.1. The zero-order valence-electron chi connectivity index (χ0n) is 13.8. The van der Waals surface area contributed by atoms with Gasteiger partial charge in [0.25, 0.3) is 5.91 Å². The number of anilines is 2. The van der Waals surface area contributed by atoms with Crippen molar-refractivity contribution in [3.8, 4) is 0 Å². The van der Waals surface area contributed by atoms with Crippen molar-refractivity contribution in [2.45, 2.75) is 6.61 Å². The highest BCUT2D eigenvalue weighted by molar-refractivity contribution is 6.61. The zero-order chi connectivity index (χ0) is 17.2. The number of nitrogens with zero attached hydrogens (tertiary/aromatic N) is 1. The van der Waals surface area contributed by atoms with Gasteiger partial charge in [-0.25, -0.2) is 0 Å². The van der Waals surface area contributed by atoms with E-state index in [0.717, 1.165) is 37.6 Å². The fraction of sp³-hybridized carbons (Fsp3) is 0.278. The van der Waals surface area contributed by atoms with Gasteiger partial charge in [-0.05, 0) is 47.4 Å². The molecule has 0 aliphatic carbocycles. The van der Waals surface area contributed by atoms with E-state index >= 15 is 0 Å². The van der Waals surface area contributed by atoms with Gasteiger partial charge in [0.1, 0.15) is 0 Å². The first-order valence-corrected chi connectivity index (χ1v) is 8.37. The second kappa shape index (κ2) is 6.88. The summed E-state index contributed by atoms with van der Waals surface area (Å²) in [5, 5.41) is 12.6. The summed E-state index contributed by atoms with van der Waals surface area (Å²) in [6.07, 6.45) is 0. The van der Waals surface area contributed by atoms with E-state index in [4.69, 9.17) is 9.39 Å². The molecule has 1 saturated heterocycles. The average Bonchev–Trinajstić information content (AvgIpc) is 3.03. The third-order valence-electron chi connectivity index (χ3n) is 4.57. The van der Waals surface area contributed by atoms with Crippen LogP contribution in [0.25, 0.3) is 0 Å². The molecule has 25 heavy (non-hydrogen) atoms. The van der Waals surface area contributed by atoms with E-state index in [9.17, 15) is 9.82 Å². The lowest BCUT2D eigenvalue weighted by Gasteiger charge is -2.28. The van der Waals surface area contributed by atoms with Crippen LogP contribution in [0.2, 0.25) is 0 Å². The Morgan fingerprint density at radius 2 is 1.88 bits per heavy atom. The van der Waals surface area contributed by atoms with E-state index in [0.29, 0.717) is 23.3 Å². The smallest absolute Gasteiger partial charge is 0.423 e. The summed E-state index contributed by atoms with van der Waals surface area (Å²) in [4.78, 5) is 14.7. The predicted octanol–water partition coefficient (Wildman–Crippen LogP) is 0.993. The Kier molecular flexibility index (Phi) is 4.44. The number of morpholine rings is 1. The van der Waals surface area contributed by atoms with Crippen LogP contribution in [-0.4, -0.2) is 44.4 Å². The van der Waals surface area contributed by atoms with Crippen LogP contribution in [0.1, 0.15) is 15.9 Å². The van der Waals surface area contributed by atoms with E-state index in [-0.39, 0.29) is 5.91 Å². The molecule has 2 N–H and O–H groups in total. The molecule has 0 spiro atoms. The lowest BCUT2D eigenvalue weighted by atomic mass is 9.79. The summed E-state index contributed by atoms with van der Waals surface area (Å²) in [5.41, 5.74) is 3.98. The Bertz CT molecular complexity index is 775. The van der Waals surface area contributed by atoms with E-state index < -0.39 is 7.12 Å². The zero-order valence-corrected chi connectivity index (χ0v) is 13.8. The molecule has 128 valence electrons. The van der Waals surface area contributed by atoms with Crippen LogP contribution in [-0.2, 0) is 16.0 Å². The van der Waals surface area contributed by atoms with Gasteiger partial charge in [-0.2, -0.15) is 0 Å². The first-order valence-electron chi connectivity index (χ1n) is 8.37. The molecular weight excluding hydrogens is 319 g/mol. The molecule has 4 rings (SSSR count). The van der Waals surface area contributed by atoms with Crippen LogP contribution in [0.4, 0.5) is 11.4 Å². The van der Waals surface area contributed by atoms with Crippen molar-refractivity contribution < 1.29 is 19.2 Å². The summed E-state index contributed by atoms with van der Waals surface area (Å²) in [7, 11) is -0.917. The van der Waals surface area contributed by atoms with E-state index in [1.807, 2.05) is 36.4 Å². The highest BCUT2D eigenvalue weighted by Crippen LogP contribution is 2.18. The van der Waals surface area contributed by atoms with Crippen molar-refractivity contribution in [1.82, 2.24) is 0 Å². The Hall–Kier alpha value is -2.35. The molecule has 0 unspecified atom stereocenters. The maximum Gasteiger partial charge on any atom is 0.491 e. The molecule has 6 nitrogen and oxygen atoms in total. The van der Waals surface area contributed by atoms with Gasteiger partial charge in [0, 0.05) is 30.0 Å². The molecular formula is C18H19BN2O4. The summed E-state index contributed by atoms with van der Waals surface area (Å²) in [5.74, 6) is -0.179. The van der Waals surface area contributed by atoms with Gasteiger partial charge >= 0.3 is 7.12 Å². The van der Waals surface area contributed by atoms with Crippen molar-refractivity contribution >= 4 is 29.9 Å². The number of carbonyl (C=O) groups excluding carboxylic acids is 1. The largest absolute Gasteiger partial charge is 0.491 e. The second-order valence-electron chi connectivity index (χ2n) is 6.18. The molecule has 0 aromatic heterocycles. The molecule has 7 heteroatoms.